The number of hydrogen-bond donors (Lipinski definition) is 4. The van der Waals surface area contributed by atoms with Crippen LogP contribution in [0.15, 0.2) is 18.5 Å². The number of alkyl halides is 3. The number of H-pyrrole nitrogens is 1. The summed E-state index contributed by atoms with van der Waals surface area (Å²) in [5.41, 5.74) is -0.119. The summed E-state index contributed by atoms with van der Waals surface area (Å²) >= 11 is 0. The molecule has 0 spiro atoms. The highest BCUT2D eigenvalue weighted by atomic mass is 19.4. The van der Waals surface area contributed by atoms with Crippen molar-refractivity contribution in [2.24, 2.45) is 5.92 Å². The maximum Gasteiger partial charge on any atom is 0.434 e. The van der Waals surface area contributed by atoms with Crippen LogP contribution in [0.2, 0.25) is 0 Å². The number of carbonyl (C=O) groups is 2. The summed E-state index contributed by atoms with van der Waals surface area (Å²) in [6.45, 7) is 1.84. The lowest BCUT2D eigenvalue weighted by Gasteiger charge is -2.16. The second-order valence-corrected chi connectivity index (χ2v) is 7.79. The fourth-order valence-electron chi connectivity index (χ4n) is 3.89. The van der Waals surface area contributed by atoms with Gasteiger partial charge >= 0.3 is 12.3 Å². The zero-order valence-corrected chi connectivity index (χ0v) is 16.7. The second-order valence-electron chi connectivity index (χ2n) is 7.79. The molecule has 4 N–H and O–H groups in total. The SMILES string of the molecule is CC(CC1CCC(c2cc(NC(=O)Cc3cnc(C(F)(F)F)cn3)n[nH]2)C1)NC(=O)O. The van der Waals surface area contributed by atoms with Gasteiger partial charge in [-0.15, -0.1) is 0 Å². The van der Waals surface area contributed by atoms with Gasteiger partial charge in [0.05, 0.1) is 18.3 Å². The van der Waals surface area contributed by atoms with Gasteiger partial charge in [-0.3, -0.25) is 14.9 Å². The molecule has 3 atom stereocenters. The molecule has 2 heterocycles. The molecule has 2 aromatic heterocycles. The van der Waals surface area contributed by atoms with Gasteiger partial charge in [-0.2, -0.15) is 18.3 Å². The molecule has 168 valence electrons. The highest BCUT2D eigenvalue weighted by molar-refractivity contribution is 5.91. The van der Waals surface area contributed by atoms with Crippen molar-refractivity contribution in [3.63, 3.8) is 0 Å². The normalized spacial score (nSPS) is 19.7. The monoisotopic (exact) mass is 440 g/mol. The summed E-state index contributed by atoms with van der Waals surface area (Å²) in [5.74, 6) is 0.488. The molecule has 31 heavy (non-hydrogen) atoms. The Balaban J connectivity index is 1.49. The molecule has 12 heteroatoms. The van der Waals surface area contributed by atoms with E-state index in [-0.39, 0.29) is 24.1 Å². The summed E-state index contributed by atoms with van der Waals surface area (Å²) in [5, 5.41) is 20.9. The third kappa shape index (κ3) is 6.40. The van der Waals surface area contributed by atoms with Gasteiger partial charge in [0.2, 0.25) is 5.91 Å². The number of aromatic nitrogens is 4. The summed E-state index contributed by atoms with van der Waals surface area (Å²) in [7, 11) is 0. The predicted octanol–water partition coefficient (Wildman–Crippen LogP) is 3.33. The Labute approximate surface area is 175 Å². The quantitative estimate of drug-likeness (QED) is 0.522. The number of nitrogens with one attached hydrogen (secondary N) is 3. The number of carbonyl (C=O) groups excluding carboxylic acids is 1. The number of carboxylic acid groups (broad SMARTS) is 1. The Bertz CT molecular complexity index is 915. The molecule has 1 fully saturated rings. The molecule has 2 aromatic rings. The second kappa shape index (κ2) is 9.31. The number of rotatable bonds is 7. The average molecular weight is 440 g/mol. The van der Waals surface area contributed by atoms with Gasteiger partial charge in [0.25, 0.3) is 0 Å². The van der Waals surface area contributed by atoms with E-state index in [1.807, 2.05) is 6.92 Å². The molecule has 0 saturated heterocycles. The summed E-state index contributed by atoms with van der Waals surface area (Å²) in [6.07, 6.45) is -0.757. The van der Waals surface area contributed by atoms with Gasteiger partial charge in [0, 0.05) is 29.9 Å². The van der Waals surface area contributed by atoms with Gasteiger partial charge in [0.15, 0.2) is 11.5 Å². The lowest BCUT2D eigenvalue weighted by atomic mass is 9.96. The Morgan fingerprint density at radius 3 is 2.71 bits per heavy atom. The molecular formula is C19H23F3N6O3. The molecule has 3 rings (SSSR count). The van der Waals surface area contributed by atoms with Crippen molar-refractivity contribution >= 4 is 17.8 Å². The van der Waals surface area contributed by atoms with Crippen molar-refractivity contribution in [2.75, 3.05) is 5.32 Å². The summed E-state index contributed by atoms with van der Waals surface area (Å²) < 4.78 is 37.5. The van der Waals surface area contributed by atoms with Gasteiger partial charge in [-0.05, 0) is 38.5 Å². The van der Waals surface area contributed by atoms with Crippen LogP contribution in [-0.2, 0) is 17.4 Å². The smallest absolute Gasteiger partial charge is 0.434 e. The molecule has 3 unspecified atom stereocenters. The topological polar surface area (TPSA) is 133 Å². The Kier molecular flexibility index (Phi) is 6.76. The fourth-order valence-corrected chi connectivity index (χ4v) is 3.89. The van der Waals surface area contributed by atoms with Crippen LogP contribution >= 0.6 is 0 Å². The first kappa shape index (κ1) is 22.5. The zero-order chi connectivity index (χ0) is 22.6. The Morgan fingerprint density at radius 1 is 1.29 bits per heavy atom. The van der Waals surface area contributed by atoms with Crippen molar-refractivity contribution in [2.45, 2.75) is 57.2 Å². The number of halogens is 3. The first-order valence-electron chi connectivity index (χ1n) is 9.83. The van der Waals surface area contributed by atoms with E-state index in [4.69, 9.17) is 5.11 Å². The molecular weight excluding hydrogens is 417 g/mol. The zero-order valence-electron chi connectivity index (χ0n) is 16.7. The maximum atomic E-state index is 12.5. The van der Waals surface area contributed by atoms with Crippen LogP contribution in [0.3, 0.4) is 0 Å². The van der Waals surface area contributed by atoms with Crippen LogP contribution in [0.5, 0.6) is 0 Å². The van der Waals surface area contributed by atoms with Crippen molar-refractivity contribution in [3.8, 4) is 0 Å². The minimum absolute atomic E-state index is 0.115. The van der Waals surface area contributed by atoms with Gasteiger partial charge < -0.3 is 15.7 Å². The van der Waals surface area contributed by atoms with Gasteiger partial charge in [-0.25, -0.2) is 9.78 Å². The lowest BCUT2D eigenvalue weighted by molar-refractivity contribution is -0.141. The van der Waals surface area contributed by atoms with Crippen LogP contribution in [0.4, 0.5) is 23.8 Å². The van der Waals surface area contributed by atoms with E-state index < -0.39 is 23.9 Å². The number of hydrogen-bond acceptors (Lipinski definition) is 5. The largest absolute Gasteiger partial charge is 0.465 e. The molecule has 0 aliphatic heterocycles. The molecule has 1 saturated carbocycles. The van der Waals surface area contributed by atoms with E-state index >= 15 is 0 Å². The fraction of sp³-hybridized carbons (Fsp3) is 0.526. The summed E-state index contributed by atoms with van der Waals surface area (Å²) in [6, 6.07) is 1.62. The minimum atomic E-state index is -4.58. The molecule has 9 nitrogen and oxygen atoms in total. The standard InChI is InChI=1S/C19H23F3N6O3/c1-10(25-18(30)31)4-11-2-3-12(5-11)14-7-16(28-27-14)26-17(29)6-13-8-24-15(9-23-13)19(20,21)22/h7-12,25H,2-6H2,1H3,(H,30,31)(H2,26,27,28,29). The van der Waals surface area contributed by atoms with Crippen LogP contribution in [0.25, 0.3) is 0 Å². The lowest BCUT2D eigenvalue weighted by Crippen LogP contribution is -2.32. The molecule has 0 aromatic carbocycles. The van der Waals surface area contributed by atoms with Crippen LogP contribution in [-0.4, -0.2) is 43.3 Å². The van der Waals surface area contributed by atoms with E-state index in [0.29, 0.717) is 17.9 Å². The first-order valence-corrected chi connectivity index (χ1v) is 9.83. The van der Waals surface area contributed by atoms with E-state index in [0.717, 1.165) is 37.6 Å². The van der Waals surface area contributed by atoms with Gasteiger partial charge in [-0.1, -0.05) is 0 Å². The van der Waals surface area contributed by atoms with Crippen LogP contribution < -0.4 is 10.6 Å². The van der Waals surface area contributed by atoms with E-state index in [9.17, 15) is 22.8 Å². The molecule has 1 aliphatic carbocycles. The number of aromatic amines is 1. The number of amides is 2. The molecule has 1 aliphatic rings. The van der Waals surface area contributed by atoms with E-state index in [1.165, 1.54) is 0 Å². The third-order valence-electron chi connectivity index (χ3n) is 5.24. The van der Waals surface area contributed by atoms with Crippen molar-refractivity contribution in [1.82, 2.24) is 25.5 Å². The van der Waals surface area contributed by atoms with Crippen LogP contribution in [0, 0.1) is 5.92 Å². The van der Waals surface area contributed by atoms with Gasteiger partial charge in [0.1, 0.15) is 0 Å². The highest BCUT2D eigenvalue weighted by Crippen LogP contribution is 2.40. The number of nitrogens with zero attached hydrogens (tertiary/aromatic N) is 3. The molecule has 0 bridgehead atoms. The van der Waals surface area contributed by atoms with Crippen LogP contribution in [0.1, 0.15) is 55.6 Å². The average Bonchev–Trinajstić information content (AvgIpc) is 3.30. The van der Waals surface area contributed by atoms with E-state index in [1.54, 1.807) is 6.07 Å². The minimum Gasteiger partial charge on any atom is -0.465 e. The number of anilines is 1. The predicted molar refractivity (Wildman–Crippen MR) is 103 cm³/mol. The summed E-state index contributed by atoms with van der Waals surface area (Å²) in [4.78, 5) is 29.8. The maximum absolute atomic E-state index is 12.5. The van der Waals surface area contributed by atoms with Crippen molar-refractivity contribution < 1.29 is 27.9 Å². The Morgan fingerprint density at radius 2 is 2.06 bits per heavy atom. The highest BCUT2D eigenvalue weighted by Gasteiger charge is 2.33. The third-order valence-corrected chi connectivity index (χ3v) is 5.24. The Hall–Kier alpha value is -3.18. The molecule has 0 radical (unpaired) electrons. The van der Waals surface area contributed by atoms with Crippen molar-refractivity contribution in [3.05, 3.63) is 35.5 Å². The molecule has 2 amide bonds. The van der Waals surface area contributed by atoms with E-state index in [2.05, 4.69) is 30.8 Å². The van der Waals surface area contributed by atoms with Crippen molar-refractivity contribution in [1.29, 1.82) is 0 Å². The first-order chi connectivity index (χ1) is 14.6.